The number of sulfonamides is 1. The number of piperidine rings is 1. The van der Waals surface area contributed by atoms with E-state index < -0.39 is 10.0 Å². The molecule has 2 rings (SSSR count). The smallest absolute Gasteiger partial charge is 0.252 e. The van der Waals surface area contributed by atoms with E-state index in [1.54, 1.807) is 10.4 Å². The molecule has 114 valence electrons. The molecule has 1 aromatic rings. The molecule has 20 heavy (non-hydrogen) atoms. The summed E-state index contributed by atoms with van der Waals surface area (Å²) in [5.74, 6) is 0. The Balaban J connectivity index is 2.08. The first-order valence-electron chi connectivity index (χ1n) is 7.09. The summed E-state index contributed by atoms with van der Waals surface area (Å²) in [5.41, 5.74) is 0.263. The van der Waals surface area contributed by atoms with E-state index in [0.717, 1.165) is 30.7 Å². The molecule has 0 aromatic carbocycles. The van der Waals surface area contributed by atoms with Crippen molar-refractivity contribution in [2.24, 2.45) is 5.41 Å². The second-order valence-corrected chi connectivity index (χ2v) is 9.48. The Labute approximate surface area is 126 Å². The molecule has 1 aliphatic rings. The number of thiophene rings is 1. The lowest BCUT2D eigenvalue weighted by molar-refractivity contribution is 0.196. The third-order valence-electron chi connectivity index (χ3n) is 3.93. The van der Waals surface area contributed by atoms with Gasteiger partial charge in [-0.15, -0.1) is 11.3 Å². The average Bonchev–Trinajstić information content (AvgIpc) is 2.85. The Morgan fingerprint density at radius 2 is 1.95 bits per heavy atom. The minimum Gasteiger partial charge on any atom is -0.319 e. The summed E-state index contributed by atoms with van der Waals surface area (Å²) in [6, 6.07) is 3.69. The van der Waals surface area contributed by atoms with Gasteiger partial charge < -0.3 is 5.32 Å². The zero-order chi connectivity index (χ0) is 14.8. The van der Waals surface area contributed by atoms with Crippen LogP contribution in [0.4, 0.5) is 0 Å². The van der Waals surface area contributed by atoms with E-state index in [-0.39, 0.29) is 5.41 Å². The number of hydrogen-bond acceptors (Lipinski definition) is 4. The molecular weight excluding hydrogens is 292 g/mol. The second-order valence-electron chi connectivity index (χ2n) is 6.14. The van der Waals surface area contributed by atoms with Crippen molar-refractivity contribution in [2.45, 2.75) is 37.3 Å². The van der Waals surface area contributed by atoms with Crippen LogP contribution >= 0.6 is 11.3 Å². The fraction of sp³-hybridized carbons (Fsp3) is 0.714. The van der Waals surface area contributed by atoms with Gasteiger partial charge in [0, 0.05) is 18.0 Å². The lowest BCUT2D eigenvalue weighted by Crippen LogP contribution is -2.40. The van der Waals surface area contributed by atoms with Gasteiger partial charge >= 0.3 is 0 Å². The van der Waals surface area contributed by atoms with E-state index in [9.17, 15) is 8.42 Å². The molecule has 1 aliphatic heterocycles. The lowest BCUT2D eigenvalue weighted by Gasteiger charge is -2.35. The van der Waals surface area contributed by atoms with E-state index in [0.29, 0.717) is 17.3 Å². The van der Waals surface area contributed by atoms with Gasteiger partial charge in [0.2, 0.25) is 0 Å². The molecule has 0 atom stereocenters. The van der Waals surface area contributed by atoms with Crippen LogP contribution in [0.25, 0.3) is 0 Å². The predicted molar refractivity (Wildman–Crippen MR) is 83.7 cm³/mol. The van der Waals surface area contributed by atoms with Crippen LogP contribution in [-0.2, 0) is 16.4 Å². The highest BCUT2D eigenvalue weighted by atomic mass is 32.2. The van der Waals surface area contributed by atoms with Crippen LogP contribution in [0.3, 0.4) is 0 Å². The molecule has 4 nitrogen and oxygen atoms in total. The van der Waals surface area contributed by atoms with Gasteiger partial charge in [-0.2, -0.15) is 4.31 Å². The van der Waals surface area contributed by atoms with Crippen LogP contribution in [0, 0.1) is 5.41 Å². The highest BCUT2D eigenvalue weighted by molar-refractivity contribution is 7.91. The molecule has 1 fully saturated rings. The third kappa shape index (κ3) is 3.61. The summed E-state index contributed by atoms with van der Waals surface area (Å²) < 4.78 is 27.3. The van der Waals surface area contributed by atoms with E-state index in [1.165, 1.54) is 11.3 Å². The SMILES string of the molecule is CNCCc1ccc(S(=O)(=O)N2CCC(C)(C)CC2)s1. The van der Waals surface area contributed by atoms with Crippen LogP contribution in [0.1, 0.15) is 31.6 Å². The van der Waals surface area contributed by atoms with Crippen molar-refractivity contribution in [3.63, 3.8) is 0 Å². The van der Waals surface area contributed by atoms with Gasteiger partial charge in [-0.1, -0.05) is 13.8 Å². The molecule has 6 heteroatoms. The molecule has 1 N–H and O–H groups in total. The number of nitrogens with one attached hydrogen (secondary N) is 1. The van der Waals surface area contributed by atoms with Gasteiger partial charge in [0.15, 0.2) is 0 Å². The number of nitrogens with zero attached hydrogens (tertiary/aromatic N) is 1. The topological polar surface area (TPSA) is 49.4 Å². The van der Waals surface area contributed by atoms with Crippen LogP contribution in [0.2, 0.25) is 0 Å². The van der Waals surface area contributed by atoms with Crippen molar-refractivity contribution in [1.29, 1.82) is 0 Å². The Kier molecular flexibility index (Phi) is 4.89. The monoisotopic (exact) mass is 316 g/mol. The van der Waals surface area contributed by atoms with E-state index in [4.69, 9.17) is 0 Å². The first-order chi connectivity index (χ1) is 9.35. The quantitative estimate of drug-likeness (QED) is 0.907. The molecule has 0 spiro atoms. The molecule has 0 bridgehead atoms. The minimum atomic E-state index is -3.28. The van der Waals surface area contributed by atoms with Gasteiger partial charge in [-0.25, -0.2) is 8.42 Å². The maximum atomic E-state index is 12.6. The Hall–Kier alpha value is -0.430. The summed E-state index contributed by atoms with van der Waals surface area (Å²) >= 11 is 1.40. The first kappa shape index (κ1) is 15.9. The normalized spacial score (nSPS) is 20.1. The van der Waals surface area contributed by atoms with Crippen molar-refractivity contribution in [1.82, 2.24) is 9.62 Å². The Bertz CT molecular complexity index is 539. The van der Waals surface area contributed by atoms with Gasteiger partial charge in [0.1, 0.15) is 4.21 Å². The van der Waals surface area contributed by atoms with E-state index in [1.807, 2.05) is 13.1 Å². The van der Waals surface area contributed by atoms with Crippen molar-refractivity contribution in [3.05, 3.63) is 17.0 Å². The van der Waals surface area contributed by atoms with Gasteiger partial charge in [-0.05, 0) is 50.4 Å². The number of rotatable bonds is 5. The van der Waals surface area contributed by atoms with Crippen molar-refractivity contribution >= 4 is 21.4 Å². The van der Waals surface area contributed by atoms with E-state index in [2.05, 4.69) is 19.2 Å². The predicted octanol–water partition coefficient (Wildman–Crippen LogP) is 2.32. The van der Waals surface area contributed by atoms with Crippen molar-refractivity contribution in [3.8, 4) is 0 Å². The molecule has 0 aliphatic carbocycles. The van der Waals surface area contributed by atoms with Gasteiger partial charge in [0.25, 0.3) is 10.0 Å². The fourth-order valence-electron chi connectivity index (χ4n) is 2.34. The minimum absolute atomic E-state index is 0.263. The summed E-state index contributed by atoms with van der Waals surface area (Å²) in [6.45, 7) is 6.56. The zero-order valence-corrected chi connectivity index (χ0v) is 14.1. The first-order valence-corrected chi connectivity index (χ1v) is 9.34. The second kappa shape index (κ2) is 6.13. The summed E-state index contributed by atoms with van der Waals surface area (Å²) in [5, 5.41) is 3.08. The number of likely N-dealkylation sites (N-methyl/N-ethyl adjacent to an activating group) is 1. The molecule has 0 amide bonds. The third-order valence-corrected chi connectivity index (χ3v) is 7.44. The average molecular weight is 316 g/mol. The standard InChI is InChI=1S/C14H24N2O2S2/c1-14(2)7-10-16(11-8-14)20(17,18)13-5-4-12(19-13)6-9-15-3/h4-5,15H,6-11H2,1-3H3. The molecule has 2 heterocycles. The summed E-state index contributed by atoms with van der Waals surface area (Å²) in [7, 11) is -1.38. The van der Waals surface area contributed by atoms with Crippen LogP contribution in [0.15, 0.2) is 16.3 Å². The summed E-state index contributed by atoms with van der Waals surface area (Å²) in [4.78, 5) is 1.12. The van der Waals surface area contributed by atoms with Crippen molar-refractivity contribution in [2.75, 3.05) is 26.7 Å². The zero-order valence-electron chi connectivity index (χ0n) is 12.5. The molecule has 1 saturated heterocycles. The molecule has 1 aromatic heterocycles. The maximum absolute atomic E-state index is 12.6. The molecule has 0 radical (unpaired) electrons. The maximum Gasteiger partial charge on any atom is 0.252 e. The highest BCUT2D eigenvalue weighted by Gasteiger charge is 2.33. The van der Waals surface area contributed by atoms with Crippen LogP contribution in [0.5, 0.6) is 0 Å². The fourth-order valence-corrected chi connectivity index (χ4v) is 5.29. The van der Waals surface area contributed by atoms with Crippen molar-refractivity contribution < 1.29 is 8.42 Å². The number of hydrogen-bond donors (Lipinski definition) is 1. The largest absolute Gasteiger partial charge is 0.319 e. The molecule has 0 saturated carbocycles. The highest BCUT2D eigenvalue weighted by Crippen LogP contribution is 2.33. The van der Waals surface area contributed by atoms with Gasteiger partial charge in [-0.3, -0.25) is 0 Å². The van der Waals surface area contributed by atoms with E-state index >= 15 is 0 Å². The van der Waals surface area contributed by atoms with Gasteiger partial charge in [0.05, 0.1) is 0 Å². The molecule has 0 unspecified atom stereocenters. The Morgan fingerprint density at radius 3 is 2.55 bits per heavy atom. The Morgan fingerprint density at radius 1 is 1.30 bits per heavy atom. The van der Waals surface area contributed by atoms with Crippen LogP contribution in [-0.4, -0.2) is 39.4 Å². The molecular formula is C14H24N2O2S2. The van der Waals surface area contributed by atoms with Crippen LogP contribution < -0.4 is 5.32 Å². The summed E-state index contributed by atoms with van der Waals surface area (Å²) in [6.07, 6.45) is 2.75. The lowest BCUT2D eigenvalue weighted by atomic mass is 9.83.